The molecule has 0 spiro atoms. The Morgan fingerprint density at radius 3 is 1.66 bits per heavy atom. The first-order valence-corrected chi connectivity index (χ1v) is 34.6. The molecule has 0 amide bonds. The summed E-state index contributed by atoms with van der Waals surface area (Å²) < 4.78 is 218. The second-order valence-electron chi connectivity index (χ2n) is 25.7. The Balaban J connectivity index is 0.000000170. The van der Waals surface area contributed by atoms with Gasteiger partial charge < -0.3 is 42.0 Å². The van der Waals surface area contributed by atoms with Crippen LogP contribution in [0, 0.1) is 72.1 Å². The normalized spacial score (nSPS) is 16.7. The molecular formula is C74H57F12IN12O15. The van der Waals surface area contributed by atoms with Gasteiger partial charge in [-0.2, -0.15) is 39.5 Å². The predicted molar refractivity (Wildman–Crippen MR) is 382 cm³/mol. The SMILES string of the molecule is C=C1CCC(OCc2ccccc2)(C(F)(F)F)c2nnc(o2)-c2nc(c(C)cc2[N+](=O)[O-])Oc2cc(F)cc1c2.C=CCCC(OCc1ccccc1)(c1nnc(-c2nc(Oc3cc(F)cc(I)c3)c(C)cc2[N+](=O)[O-])o1)C(F)(F)F.Cc1cc([N+](=O)[O-])c2nc1Oc1cc(F)cc(c1)C(C)CCC(O)(C(F)(F)F)c1nnc-2o1. The molecule has 5 aromatic carbocycles. The molecule has 4 atom stereocenters. The van der Waals surface area contributed by atoms with Crippen molar-refractivity contribution in [1.82, 2.24) is 45.5 Å². The number of benzene rings is 5. The number of pyridine rings is 3. The third-order valence-electron chi connectivity index (χ3n) is 17.6. The van der Waals surface area contributed by atoms with Crippen LogP contribution < -0.4 is 14.2 Å². The van der Waals surface area contributed by atoms with Crippen LogP contribution in [0.1, 0.15) is 108 Å². The molecule has 0 saturated carbocycles. The molecule has 12 bridgehead atoms. The fourth-order valence-electron chi connectivity index (χ4n) is 11.5. The second-order valence-corrected chi connectivity index (χ2v) is 26.9. The van der Waals surface area contributed by atoms with Gasteiger partial charge in [-0.1, -0.05) is 80.2 Å². The smallest absolute Gasteiger partial charge is 0.426 e. The highest BCUT2D eigenvalue weighted by atomic mass is 127. The van der Waals surface area contributed by atoms with Crippen LogP contribution >= 0.6 is 22.6 Å². The molecule has 1 N–H and O–H groups in total. The van der Waals surface area contributed by atoms with E-state index in [1.54, 1.807) is 67.6 Å². The molecule has 0 fully saturated rings. The van der Waals surface area contributed by atoms with Gasteiger partial charge >= 0.3 is 35.6 Å². The van der Waals surface area contributed by atoms with Crippen LogP contribution in [-0.4, -0.2) is 83.9 Å². The number of nitrogens with zero attached hydrogens (tertiary/aromatic N) is 12. The average Bonchev–Trinajstić information content (AvgIpc) is 1.56. The lowest BCUT2D eigenvalue weighted by molar-refractivity contribution is -0.384. The van der Waals surface area contributed by atoms with Gasteiger partial charge in [0, 0.05) is 56.7 Å². The lowest BCUT2D eigenvalue weighted by atomic mass is 9.88. The van der Waals surface area contributed by atoms with Crippen LogP contribution in [0.3, 0.4) is 0 Å². The van der Waals surface area contributed by atoms with E-state index in [4.69, 9.17) is 36.9 Å². The summed E-state index contributed by atoms with van der Waals surface area (Å²) in [6, 6.07) is 30.6. The number of hydrogen-bond donors (Lipinski definition) is 1. The van der Waals surface area contributed by atoms with Gasteiger partial charge in [-0.15, -0.1) is 37.2 Å². The quantitative estimate of drug-likeness (QED) is 0.0309. The number of aryl methyl sites for hydroxylation is 3. The van der Waals surface area contributed by atoms with Gasteiger partial charge in [0.1, 0.15) is 34.7 Å². The molecule has 594 valence electrons. The van der Waals surface area contributed by atoms with Crippen molar-refractivity contribution in [3.63, 3.8) is 0 Å². The summed E-state index contributed by atoms with van der Waals surface area (Å²) in [6.45, 7) is 12.4. The Morgan fingerprint density at radius 2 is 1.11 bits per heavy atom. The van der Waals surface area contributed by atoms with Crippen molar-refractivity contribution in [2.24, 2.45) is 0 Å². The van der Waals surface area contributed by atoms with Crippen LogP contribution in [0.25, 0.3) is 40.3 Å². The molecule has 13 rings (SSSR count). The van der Waals surface area contributed by atoms with Gasteiger partial charge in [0.2, 0.25) is 51.5 Å². The Kier molecular flexibility index (Phi) is 24.1. The minimum Gasteiger partial charge on any atom is -0.439 e. The van der Waals surface area contributed by atoms with Gasteiger partial charge in [0.25, 0.3) is 35.3 Å². The lowest BCUT2D eigenvalue weighted by Gasteiger charge is -2.33. The number of fused-ring (bicyclic) bond motifs is 14. The van der Waals surface area contributed by atoms with Crippen molar-refractivity contribution in [2.45, 2.75) is 121 Å². The van der Waals surface area contributed by atoms with Crippen LogP contribution in [-0.2, 0) is 39.5 Å². The highest BCUT2D eigenvalue weighted by Gasteiger charge is 2.63. The van der Waals surface area contributed by atoms with Crippen molar-refractivity contribution in [1.29, 1.82) is 0 Å². The van der Waals surface area contributed by atoms with Crippen molar-refractivity contribution in [3.05, 3.63) is 261 Å². The minimum absolute atomic E-state index is 0.0124. The van der Waals surface area contributed by atoms with Gasteiger partial charge in [0.05, 0.1) is 28.0 Å². The molecule has 4 unspecified atom stereocenters. The molecule has 0 aliphatic carbocycles. The van der Waals surface area contributed by atoms with Gasteiger partial charge in [-0.05, 0) is 152 Å². The Hall–Kier alpha value is -12.2. The highest BCUT2D eigenvalue weighted by molar-refractivity contribution is 14.1. The van der Waals surface area contributed by atoms with Crippen molar-refractivity contribution in [3.8, 4) is 69.6 Å². The Labute approximate surface area is 648 Å². The monoisotopic (exact) mass is 1710 g/mol. The largest absolute Gasteiger partial charge is 0.439 e. The van der Waals surface area contributed by atoms with E-state index in [1.165, 1.54) is 51.1 Å². The van der Waals surface area contributed by atoms with E-state index in [0.29, 0.717) is 20.3 Å². The van der Waals surface area contributed by atoms with Gasteiger partial charge in [-0.3, -0.25) is 30.3 Å². The second kappa shape index (κ2) is 33.2. The number of aliphatic hydroxyl groups is 1. The molecule has 0 saturated heterocycles. The van der Waals surface area contributed by atoms with Gasteiger partial charge in [-0.25, -0.2) is 28.1 Å². The summed E-state index contributed by atoms with van der Waals surface area (Å²) in [4.78, 5) is 45.0. The summed E-state index contributed by atoms with van der Waals surface area (Å²) in [5.41, 5.74) is -11.1. The molecule has 2 aliphatic heterocycles. The molecule has 11 aromatic rings. The summed E-state index contributed by atoms with van der Waals surface area (Å²) in [6.07, 6.45) is -17.0. The summed E-state index contributed by atoms with van der Waals surface area (Å²) >= 11 is 1.88. The fraction of sp³-hybridized carbons (Fsp3) is 0.257. The maximum absolute atomic E-state index is 14.9. The van der Waals surface area contributed by atoms with Crippen LogP contribution in [0.5, 0.6) is 34.9 Å². The number of ether oxygens (including phenoxy) is 5. The lowest BCUT2D eigenvalue weighted by Crippen LogP contribution is -2.45. The van der Waals surface area contributed by atoms with Crippen LogP contribution in [0.2, 0.25) is 0 Å². The van der Waals surface area contributed by atoms with E-state index in [-0.39, 0.29) is 82.0 Å². The maximum atomic E-state index is 14.9. The number of alkyl halides is 9. The topological polar surface area (TPSA) is 351 Å². The van der Waals surface area contributed by atoms with E-state index < -0.39 is 175 Å². The fourth-order valence-corrected chi connectivity index (χ4v) is 12.1. The minimum atomic E-state index is -5.21. The third kappa shape index (κ3) is 18.0. The molecule has 8 heterocycles. The Morgan fingerprint density at radius 1 is 0.605 bits per heavy atom. The zero-order chi connectivity index (χ0) is 82.6. The number of halogens is 13. The van der Waals surface area contributed by atoms with E-state index in [0.717, 1.165) is 48.5 Å². The van der Waals surface area contributed by atoms with Crippen LogP contribution in [0.15, 0.2) is 166 Å². The first kappa shape index (κ1) is 82.8. The molecule has 6 aromatic heterocycles. The number of hydrogen-bond acceptors (Lipinski definition) is 24. The first-order valence-electron chi connectivity index (χ1n) is 33.5. The molecular weight excluding hydrogens is 1650 g/mol. The number of nitro groups is 3. The number of allylic oxidation sites excluding steroid dienone is 2. The summed E-state index contributed by atoms with van der Waals surface area (Å²) in [5.74, 6) is -8.36. The van der Waals surface area contributed by atoms with E-state index in [9.17, 15) is 88.1 Å². The standard InChI is InChI=1S/C27H21F4IN4O5.C27H20F4N4O5.C20H16F4N4O5/c1-3-4-10-26(27(29,30)31,39-15-17-8-6-5-7-9-17)25-35-34-24(41-25)22-21(36(37)38)11-16(2)23(33-22)40-20-13-18(28)12-19(32)14-20;1-15-8-9-26(27(29,30)31,38-14-17-6-4-3-5-7-17)25-34-33-24(40-25)22-21(35(36)37)10-16(2)23(32-22)39-20-12-18(15)11-19(28)13-20;1-9-3-4-19(29,20(22,23)24)18-27-26-17(33-18)15-14(28(30)31)5-10(2)16(25-15)32-13-7-11(9)6-12(21)8-13/h3,5-9,11-14H,1,4,10,15H2,2H3;3-7,10-13H,1,8-9,14H2,2H3;5-9,29H,3-4H2,1-2H3. The van der Waals surface area contributed by atoms with E-state index in [1.807, 2.05) is 22.6 Å². The van der Waals surface area contributed by atoms with Crippen molar-refractivity contribution >= 4 is 45.2 Å². The average molecular weight is 1710 g/mol. The predicted octanol–water partition coefficient (Wildman–Crippen LogP) is 19.8. The van der Waals surface area contributed by atoms with E-state index >= 15 is 0 Å². The highest BCUT2D eigenvalue weighted by Crippen LogP contribution is 2.51. The maximum Gasteiger partial charge on any atom is 0.426 e. The first-order chi connectivity index (χ1) is 53.8. The molecule has 0 radical (unpaired) electrons. The zero-order valence-electron chi connectivity index (χ0n) is 59.4. The van der Waals surface area contributed by atoms with Gasteiger partial charge in [0.15, 0.2) is 0 Å². The third-order valence-corrected chi connectivity index (χ3v) is 18.3. The molecule has 40 heteroatoms. The van der Waals surface area contributed by atoms with Crippen LogP contribution in [0.4, 0.5) is 69.7 Å². The summed E-state index contributed by atoms with van der Waals surface area (Å²) in [5, 5.41) is 67.1. The summed E-state index contributed by atoms with van der Waals surface area (Å²) in [7, 11) is 0. The molecule has 27 nitrogen and oxygen atoms in total. The van der Waals surface area contributed by atoms with Crippen molar-refractivity contribution < 1.29 is 109 Å². The van der Waals surface area contributed by atoms with E-state index in [2.05, 4.69) is 58.7 Å². The molecule has 114 heavy (non-hydrogen) atoms. The van der Waals surface area contributed by atoms with Crippen molar-refractivity contribution in [2.75, 3.05) is 0 Å². The molecule has 2 aliphatic rings. The zero-order valence-corrected chi connectivity index (χ0v) is 61.5. The Bertz CT molecular complexity index is 5440. The number of rotatable bonds is 16. The number of aromatic nitrogens is 9.